The minimum atomic E-state index is -1.11. The Labute approximate surface area is 111 Å². The average molecular weight is 309 g/mol. The molecule has 0 atom stereocenters. The maximum atomic E-state index is 11.7. The minimum absolute atomic E-state index is 0.0105. The highest BCUT2D eigenvalue weighted by Gasteiger charge is 2.05. The molecule has 0 aliphatic rings. The van der Waals surface area contributed by atoms with Gasteiger partial charge < -0.3 is 9.67 Å². The van der Waals surface area contributed by atoms with Crippen molar-refractivity contribution in [1.82, 2.24) is 9.55 Å². The van der Waals surface area contributed by atoms with E-state index in [1.54, 1.807) is 12.4 Å². The summed E-state index contributed by atoms with van der Waals surface area (Å²) in [7, 11) is 0. The number of hydrogen-bond acceptors (Lipinski definition) is 3. The molecule has 0 saturated heterocycles. The highest BCUT2D eigenvalue weighted by molar-refractivity contribution is 9.10. The third-order valence-corrected chi connectivity index (χ3v) is 2.79. The summed E-state index contributed by atoms with van der Waals surface area (Å²) in [6.45, 7) is 0.352. The first kappa shape index (κ1) is 12.5. The zero-order valence-corrected chi connectivity index (χ0v) is 10.8. The second-order valence-electron chi connectivity index (χ2n) is 3.70. The molecule has 5 nitrogen and oxygen atoms in total. The fraction of sp³-hybridized carbons (Fsp3) is 0.0833. The molecular weight excluding hydrogens is 300 g/mol. The first-order valence-electron chi connectivity index (χ1n) is 5.09. The molecule has 1 N–H and O–H groups in total. The molecule has 2 rings (SSSR count). The maximum absolute atomic E-state index is 11.7. The van der Waals surface area contributed by atoms with Gasteiger partial charge in [0.1, 0.15) is 0 Å². The molecule has 2 heterocycles. The van der Waals surface area contributed by atoms with E-state index in [2.05, 4.69) is 20.9 Å². The number of aromatic nitrogens is 2. The summed E-state index contributed by atoms with van der Waals surface area (Å²) in [6, 6.07) is 4.35. The highest BCUT2D eigenvalue weighted by Crippen LogP contribution is 2.10. The van der Waals surface area contributed by atoms with Gasteiger partial charge in [0.05, 0.1) is 12.1 Å². The molecule has 6 heteroatoms. The topological polar surface area (TPSA) is 72.2 Å². The van der Waals surface area contributed by atoms with E-state index in [9.17, 15) is 9.59 Å². The number of carboxylic acid groups (broad SMARTS) is 1. The van der Waals surface area contributed by atoms with Crippen molar-refractivity contribution in [2.75, 3.05) is 0 Å². The van der Waals surface area contributed by atoms with Crippen molar-refractivity contribution >= 4 is 21.9 Å². The second kappa shape index (κ2) is 5.14. The SMILES string of the molecule is O=C(O)c1ccn(Cc2cncc(Br)c2)c(=O)c1. The van der Waals surface area contributed by atoms with Crippen LogP contribution in [0.4, 0.5) is 0 Å². The van der Waals surface area contributed by atoms with Gasteiger partial charge in [-0.05, 0) is 33.6 Å². The second-order valence-corrected chi connectivity index (χ2v) is 4.61. The summed E-state index contributed by atoms with van der Waals surface area (Å²) < 4.78 is 2.26. The third kappa shape index (κ3) is 2.84. The molecule has 0 unspecified atom stereocenters. The Hall–Kier alpha value is -1.95. The van der Waals surface area contributed by atoms with Crippen LogP contribution < -0.4 is 5.56 Å². The molecule has 0 aliphatic heterocycles. The first-order valence-corrected chi connectivity index (χ1v) is 5.89. The van der Waals surface area contributed by atoms with Gasteiger partial charge in [-0.15, -0.1) is 0 Å². The number of rotatable bonds is 3. The smallest absolute Gasteiger partial charge is 0.335 e. The fourth-order valence-corrected chi connectivity index (χ4v) is 1.92. The van der Waals surface area contributed by atoms with Crippen LogP contribution >= 0.6 is 15.9 Å². The van der Waals surface area contributed by atoms with E-state index in [1.807, 2.05) is 6.07 Å². The van der Waals surface area contributed by atoms with Crippen molar-refractivity contribution in [2.45, 2.75) is 6.54 Å². The summed E-state index contributed by atoms with van der Waals surface area (Å²) >= 11 is 3.30. The average Bonchev–Trinajstić information content (AvgIpc) is 2.31. The zero-order chi connectivity index (χ0) is 13.1. The Morgan fingerprint density at radius 1 is 1.39 bits per heavy atom. The Morgan fingerprint density at radius 3 is 2.78 bits per heavy atom. The lowest BCUT2D eigenvalue weighted by Gasteiger charge is -2.06. The lowest BCUT2D eigenvalue weighted by Crippen LogP contribution is -2.20. The van der Waals surface area contributed by atoms with E-state index in [-0.39, 0.29) is 11.1 Å². The quantitative estimate of drug-likeness (QED) is 0.937. The summed E-state index contributed by atoms with van der Waals surface area (Å²) in [6.07, 6.45) is 4.77. The van der Waals surface area contributed by atoms with E-state index < -0.39 is 5.97 Å². The minimum Gasteiger partial charge on any atom is -0.478 e. The third-order valence-electron chi connectivity index (χ3n) is 2.36. The molecular formula is C12H9BrN2O3. The van der Waals surface area contributed by atoms with Gasteiger partial charge in [-0.25, -0.2) is 4.79 Å². The van der Waals surface area contributed by atoms with Gasteiger partial charge in [0.25, 0.3) is 5.56 Å². The number of carbonyl (C=O) groups is 1. The zero-order valence-electron chi connectivity index (χ0n) is 9.21. The summed E-state index contributed by atoms with van der Waals surface area (Å²) in [5, 5.41) is 8.76. The highest BCUT2D eigenvalue weighted by atomic mass is 79.9. The molecule has 0 aliphatic carbocycles. The predicted molar refractivity (Wildman–Crippen MR) is 68.7 cm³/mol. The van der Waals surface area contributed by atoms with E-state index in [1.165, 1.54) is 16.8 Å². The van der Waals surface area contributed by atoms with Crippen molar-refractivity contribution < 1.29 is 9.90 Å². The normalized spacial score (nSPS) is 10.3. The molecule has 18 heavy (non-hydrogen) atoms. The molecule has 2 aromatic heterocycles. The number of carboxylic acids is 1. The largest absolute Gasteiger partial charge is 0.478 e. The van der Waals surface area contributed by atoms with Gasteiger partial charge in [0.15, 0.2) is 0 Å². The molecule has 0 bridgehead atoms. The Balaban J connectivity index is 2.30. The van der Waals surface area contributed by atoms with E-state index in [0.29, 0.717) is 6.54 Å². The monoisotopic (exact) mass is 308 g/mol. The van der Waals surface area contributed by atoms with Crippen molar-refractivity contribution in [3.8, 4) is 0 Å². The van der Waals surface area contributed by atoms with Crippen molar-refractivity contribution in [3.05, 3.63) is 62.7 Å². The van der Waals surface area contributed by atoms with Crippen LogP contribution in [0.25, 0.3) is 0 Å². The fourth-order valence-electron chi connectivity index (χ4n) is 1.51. The molecule has 2 aromatic rings. The van der Waals surface area contributed by atoms with E-state index in [0.717, 1.165) is 16.1 Å². The first-order chi connectivity index (χ1) is 8.56. The number of hydrogen-bond donors (Lipinski definition) is 1. The number of aromatic carboxylic acids is 1. The van der Waals surface area contributed by atoms with Gasteiger partial charge in [-0.3, -0.25) is 9.78 Å². The molecule has 0 fully saturated rings. The Kier molecular flexibility index (Phi) is 3.57. The maximum Gasteiger partial charge on any atom is 0.335 e. The van der Waals surface area contributed by atoms with Crippen LogP contribution in [0.15, 0.2) is 46.1 Å². The summed E-state index contributed by atoms with van der Waals surface area (Å²) in [5.74, 6) is -1.11. The van der Waals surface area contributed by atoms with Crippen LogP contribution in [-0.4, -0.2) is 20.6 Å². The van der Waals surface area contributed by atoms with Crippen LogP contribution in [0.3, 0.4) is 0 Å². The van der Waals surface area contributed by atoms with Crippen LogP contribution in [0, 0.1) is 0 Å². The number of pyridine rings is 2. The Morgan fingerprint density at radius 2 is 2.17 bits per heavy atom. The van der Waals surface area contributed by atoms with Gasteiger partial charge in [-0.2, -0.15) is 0 Å². The van der Waals surface area contributed by atoms with Gasteiger partial charge in [0, 0.05) is 29.1 Å². The molecule has 0 saturated carbocycles. The van der Waals surface area contributed by atoms with Crippen LogP contribution in [0.5, 0.6) is 0 Å². The molecule has 0 radical (unpaired) electrons. The molecule has 0 spiro atoms. The van der Waals surface area contributed by atoms with Crippen molar-refractivity contribution in [2.24, 2.45) is 0 Å². The van der Waals surface area contributed by atoms with Crippen molar-refractivity contribution in [3.63, 3.8) is 0 Å². The van der Waals surface area contributed by atoms with E-state index in [4.69, 9.17) is 5.11 Å². The van der Waals surface area contributed by atoms with Gasteiger partial charge >= 0.3 is 5.97 Å². The van der Waals surface area contributed by atoms with Crippen LogP contribution in [-0.2, 0) is 6.54 Å². The van der Waals surface area contributed by atoms with Gasteiger partial charge in [-0.1, -0.05) is 0 Å². The lowest BCUT2D eigenvalue weighted by molar-refractivity contribution is 0.0696. The van der Waals surface area contributed by atoms with Crippen LogP contribution in [0.2, 0.25) is 0 Å². The van der Waals surface area contributed by atoms with E-state index >= 15 is 0 Å². The molecule has 0 amide bonds. The number of nitrogens with zero attached hydrogens (tertiary/aromatic N) is 2. The standard InChI is InChI=1S/C12H9BrN2O3/c13-10-3-8(5-14-6-10)7-15-2-1-9(12(17)18)4-11(15)16/h1-6H,7H2,(H,17,18). The van der Waals surface area contributed by atoms with Crippen molar-refractivity contribution in [1.29, 1.82) is 0 Å². The molecule has 0 aromatic carbocycles. The van der Waals surface area contributed by atoms with Crippen LogP contribution in [0.1, 0.15) is 15.9 Å². The summed E-state index contributed by atoms with van der Waals surface area (Å²) in [5.41, 5.74) is 0.494. The number of halogens is 1. The molecule has 92 valence electrons. The lowest BCUT2D eigenvalue weighted by atomic mass is 10.2. The van der Waals surface area contributed by atoms with Gasteiger partial charge in [0.2, 0.25) is 0 Å². The predicted octanol–water partition coefficient (Wildman–Crippen LogP) is 1.75. The summed E-state index contributed by atoms with van der Waals surface area (Å²) in [4.78, 5) is 26.4. The Bertz CT molecular complexity index is 652.